The van der Waals surface area contributed by atoms with Gasteiger partial charge in [-0.25, -0.2) is 4.98 Å². The molecule has 0 spiro atoms. The van der Waals surface area contributed by atoms with Gasteiger partial charge >= 0.3 is 0 Å². The number of benzene rings is 1. The lowest BCUT2D eigenvalue weighted by atomic mass is 9.95. The van der Waals surface area contributed by atoms with Crippen LogP contribution in [0, 0.1) is 5.92 Å². The minimum Gasteiger partial charge on any atom is -0.478 e. The highest BCUT2D eigenvalue weighted by atomic mass is 35.5. The van der Waals surface area contributed by atoms with Crippen LogP contribution in [-0.2, 0) is 17.9 Å². The van der Waals surface area contributed by atoms with Crippen LogP contribution < -0.4 is 15.4 Å². The number of amides is 1. The molecule has 156 valence electrons. The summed E-state index contributed by atoms with van der Waals surface area (Å²) in [7, 11) is 4.04. The summed E-state index contributed by atoms with van der Waals surface area (Å²) in [4.78, 5) is 31.7. The molecule has 0 bridgehead atoms. The van der Waals surface area contributed by atoms with E-state index >= 15 is 0 Å². The number of Topliss-reactive ketones (excluding diaryl/α,β-unsaturated/α-hetero) is 1. The minimum atomic E-state index is -0.801. The molecular weight excluding hydrogens is 392 g/mol. The first-order valence-corrected chi connectivity index (χ1v) is 9.40. The van der Waals surface area contributed by atoms with Crippen LogP contribution in [0.1, 0.15) is 28.5 Å². The normalized spacial score (nSPS) is 15.2. The SMILES string of the molecule is CCOc1ccc2c(n1)C(=O)C(C(=O)NCc1ccc(CN(C)C)cc1)CN2.Cl. The predicted molar refractivity (Wildman–Crippen MR) is 115 cm³/mol. The van der Waals surface area contributed by atoms with Gasteiger partial charge in [0.2, 0.25) is 11.8 Å². The molecule has 1 unspecified atom stereocenters. The first kappa shape index (κ1) is 22.6. The Balaban J connectivity index is 0.00000300. The topological polar surface area (TPSA) is 83.6 Å². The highest BCUT2D eigenvalue weighted by Gasteiger charge is 2.34. The molecular formula is C21H27ClN4O3. The molecule has 0 aliphatic carbocycles. The maximum absolute atomic E-state index is 12.7. The van der Waals surface area contributed by atoms with Crippen LogP contribution in [0.2, 0.25) is 0 Å². The van der Waals surface area contributed by atoms with E-state index in [1.54, 1.807) is 12.1 Å². The monoisotopic (exact) mass is 418 g/mol. The van der Waals surface area contributed by atoms with Crippen molar-refractivity contribution in [2.75, 3.05) is 32.6 Å². The number of anilines is 1. The molecule has 1 aliphatic rings. The number of carbonyl (C=O) groups excluding carboxylic acids is 2. The maximum atomic E-state index is 12.7. The molecule has 2 N–H and O–H groups in total. The second kappa shape index (κ2) is 10.2. The zero-order valence-corrected chi connectivity index (χ0v) is 17.7. The molecule has 1 amide bonds. The van der Waals surface area contributed by atoms with Crippen LogP contribution in [0.25, 0.3) is 0 Å². The fourth-order valence-electron chi connectivity index (χ4n) is 3.12. The third-order valence-electron chi connectivity index (χ3n) is 4.51. The number of fused-ring (bicyclic) bond motifs is 1. The Hall–Kier alpha value is -2.64. The van der Waals surface area contributed by atoms with Gasteiger partial charge in [-0.1, -0.05) is 24.3 Å². The first-order valence-electron chi connectivity index (χ1n) is 9.40. The van der Waals surface area contributed by atoms with Crippen molar-refractivity contribution >= 4 is 29.8 Å². The summed E-state index contributed by atoms with van der Waals surface area (Å²) in [5.74, 6) is -1.00. The number of aromatic nitrogens is 1. The van der Waals surface area contributed by atoms with Gasteiger partial charge in [0, 0.05) is 25.7 Å². The Bertz CT molecular complexity index is 856. The number of rotatable bonds is 7. The summed E-state index contributed by atoms with van der Waals surface area (Å²) < 4.78 is 5.36. The second-order valence-corrected chi connectivity index (χ2v) is 7.05. The molecule has 7 nitrogen and oxygen atoms in total. The standard InChI is InChI=1S/C21H26N4O3.ClH/c1-4-28-18-10-9-17-19(24-18)20(26)16(12-22-17)21(27)23-11-14-5-7-15(8-6-14)13-25(2)3;/h5-10,16,22H,4,11-13H2,1-3H3,(H,23,27);1H. The molecule has 1 atom stereocenters. The molecule has 2 heterocycles. The molecule has 0 saturated heterocycles. The van der Waals surface area contributed by atoms with E-state index in [9.17, 15) is 9.59 Å². The van der Waals surface area contributed by atoms with Gasteiger partial charge in [-0.3, -0.25) is 9.59 Å². The van der Waals surface area contributed by atoms with Crippen molar-refractivity contribution in [2.24, 2.45) is 5.92 Å². The van der Waals surface area contributed by atoms with Gasteiger partial charge < -0.3 is 20.3 Å². The Kier molecular flexibility index (Phi) is 7.99. The molecule has 0 saturated carbocycles. The Labute approximate surface area is 177 Å². The lowest BCUT2D eigenvalue weighted by molar-refractivity contribution is -0.123. The van der Waals surface area contributed by atoms with Crippen LogP contribution in [-0.4, -0.2) is 48.8 Å². The van der Waals surface area contributed by atoms with E-state index < -0.39 is 5.92 Å². The van der Waals surface area contributed by atoms with E-state index in [2.05, 4.69) is 20.5 Å². The van der Waals surface area contributed by atoms with E-state index in [4.69, 9.17) is 4.74 Å². The molecule has 29 heavy (non-hydrogen) atoms. The molecule has 1 aromatic heterocycles. The fraction of sp³-hybridized carbons (Fsp3) is 0.381. The number of hydrogen-bond acceptors (Lipinski definition) is 6. The van der Waals surface area contributed by atoms with Crippen LogP contribution >= 0.6 is 12.4 Å². The summed E-state index contributed by atoms with van der Waals surface area (Å²) in [6.07, 6.45) is 0. The molecule has 0 radical (unpaired) electrons. The molecule has 2 aromatic rings. The van der Waals surface area contributed by atoms with Gasteiger partial charge in [0.05, 0.1) is 12.3 Å². The third kappa shape index (κ3) is 5.68. The number of halogens is 1. The number of ketones is 1. The zero-order chi connectivity index (χ0) is 20.1. The van der Waals surface area contributed by atoms with Gasteiger partial charge in [-0.05, 0) is 38.2 Å². The number of pyridine rings is 1. The van der Waals surface area contributed by atoms with Crippen molar-refractivity contribution in [2.45, 2.75) is 20.0 Å². The van der Waals surface area contributed by atoms with Crippen LogP contribution in [0.15, 0.2) is 36.4 Å². The minimum absolute atomic E-state index is 0. The Morgan fingerprint density at radius 2 is 1.90 bits per heavy atom. The average molecular weight is 419 g/mol. The van der Waals surface area contributed by atoms with Crippen molar-refractivity contribution in [3.63, 3.8) is 0 Å². The van der Waals surface area contributed by atoms with E-state index in [1.807, 2.05) is 45.3 Å². The van der Waals surface area contributed by atoms with Crippen molar-refractivity contribution in [3.05, 3.63) is 53.2 Å². The summed E-state index contributed by atoms with van der Waals surface area (Å²) in [5.41, 5.74) is 3.09. The predicted octanol–water partition coefficient (Wildman–Crippen LogP) is 2.50. The number of nitrogens with one attached hydrogen (secondary N) is 2. The van der Waals surface area contributed by atoms with Crippen molar-refractivity contribution in [1.82, 2.24) is 15.2 Å². The van der Waals surface area contributed by atoms with E-state index in [1.165, 1.54) is 5.56 Å². The molecule has 8 heteroatoms. The first-order chi connectivity index (χ1) is 13.5. The summed E-state index contributed by atoms with van der Waals surface area (Å²) in [5, 5.41) is 5.97. The average Bonchev–Trinajstić information content (AvgIpc) is 2.68. The summed E-state index contributed by atoms with van der Waals surface area (Å²) >= 11 is 0. The van der Waals surface area contributed by atoms with Gasteiger partial charge in [0.1, 0.15) is 11.6 Å². The molecule has 1 aliphatic heterocycles. The summed E-state index contributed by atoms with van der Waals surface area (Å²) in [6, 6.07) is 11.5. The number of ether oxygens (including phenoxy) is 1. The second-order valence-electron chi connectivity index (χ2n) is 7.05. The maximum Gasteiger partial charge on any atom is 0.233 e. The van der Waals surface area contributed by atoms with E-state index in [-0.39, 0.29) is 36.3 Å². The number of nitrogens with zero attached hydrogens (tertiary/aromatic N) is 2. The third-order valence-corrected chi connectivity index (χ3v) is 4.51. The van der Waals surface area contributed by atoms with Gasteiger partial charge in [0.25, 0.3) is 0 Å². The van der Waals surface area contributed by atoms with Crippen LogP contribution in [0.5, 0.6) is 5.88 Å². The fourth-order valence-corrected chi connectivity index (χ4v) is 3.12. The van der Waals surface area contributed by atoms with Gasteiger partial charge in [-0.15, -0.1) is 12.4 Å². The van der Waals surface area contributed by atoms with Crippen LogP contribution in [0.4, 0.5) is 5.69 Å². The molecule has 1 aromatic carbocycles. The number of hydrogen-bond donors (Lipinski definition) is 2. The Morgan fingerprint density at radius 3 is 2.55 bits per heavy atom. The van der Waals surface area contributed by atoms with Gasteiger partial charge in [-0.2, -0.15) is 0 Å². The smallest absolute Gasteiger partial charge is 0.233 e. The van der Waals surface area contributed by atoms with Crippen molar-refractivity contribution < 1.29 is 14.3 Å². The zero-order valence-electron chi connectivity index (χ0n) is 16.9. The highest BCUT2D eigenvalue weighted by molar-refractivity contribution is 6.13. The van der Waals surface area contributed by atoms with Gasteiger partial charge in [0.15, 0.2) is 5.78 Å². The molecule has 0 fully saturated rings. The van der Waals surface area contributed by atoms with Crippen molar-refractivity contribution in [3.8, 4) is 5.88 Å². The Morgan fingerprint density at radius 1 is 1.21 bits per heavy atom. The lowest BCUT2D eigenvalue weighted by Gasteiger charge is -2.23. The van der Waals surface area contributed by atoms with E-state index in [0.29, 0.717) is 24.7 Å². The number of carbonyl (C=O) groups is 2. The lowest BCUT2D eigenvalue weighted by Crippen LogP contribution is -2.42. The van der Waals surface area contributed by atoms with E-state index in [0.717, 1.165) is 12.1 Å². The molecule has 3 rings (SSSR count). The van der Waals surface area contributed by atoms with Crippen LogP contribution in [0.3, 0.4) is 0 Å². The quantitative estimate of drug-likeness (QED) is 0.672. The summed E-state index contributed by atoms with van der Waals surface area (Å²) in [6.45, 7) is 3.82. The highest BCUT2D eigenvalue weighted by Crippen LogP contribution is 2.25. The van der Waals surface area contributed by atoms with Crippen molar-refractivity contribution in [1.29, 1.82) is 0 Å². The largest absolute Gasteiger partial charge is 0.478 e.